The van der Waals surface area contributed by atoms with Gasteiger partial charge in [-0.3, -0.25) is 14.6 Å². The monoisotopic (exact) mass is 509 g/mol. The molecule has 2 heterocycles. The molecule has 3 aromatic rings. The van der Waals surface area contributed by atoms with Crippen molar-refractivity contribution >= 4 is 5.91 Å². The lowest BCUT2D eigenvalue weighted by Gasteiger charge is -2.39. The van der Waals surface area contributed by atoms with Gasteiger partial charge in [-0.1, -0.05) is 67.4 Å². The smallest absolute Gasteiger partial charge is 0.236 e. The van der Waals surface area contributed by atoms with Crippen molar-refractivity contribution in [1.82, 2.24) is 14.7 Å². The van der Waals surface area contributed by atoms with Gasteiger partial charge in [-0.25, -0.2) is 0 Å². The van der Waals surface area contributed by atoms with Crippen LogP contribution in [0.3, 0.4) is 0 Å². The summed E-state index contributed by atoms with van der Waals surface area (Å²) in [6.07, 6.45) is 6.43. The molecule has 0 spiro atoms. The van der Waals surface area contributed by atoms with Gasteiger partial charge < -0.3 is 9.64 Å². The van der Waals surface area contributed by atoms with Crippen molar-refractivity contribution in [1.29, 1.82) is 0 Å². The predicted molar refractivity (Wildman–Crippen MR) is 153 cm³/mol. The molecule has 2 fully saturated rings. The summed E-state index contributed by atoms with van der Waals surface area (Å²) in [4.78, 5) is 20.1. The van der Waals surface area contributed by atoms with Crippen molar-refractivity contribution in [2.24, 2.45) is 0 Å². The van der Waals surface area contributed by atoms with Crippen LogP contribution in [0.25, 0.3) is 22.3 Å². The zero-order chi connectivity index (χ0) is 25.9. The van der Waals surface area contributed by atoms with Gasteiger partial charge in [0.25, 0.3) is 0 Å². The van der Waals surface area contributed by atoms with Crippen molar-refractivity contribution in [3.63, 3.8) is 0 Å². The Bertz CT molecular complexity index is 1240. The Balaban J connectivity index is 1.04. The summed E-state index contributed by atoms with van der Waals surface area (Å²) in [5, 5.41) is 0. The van der Waals surface area contributed by atoms with Crippen LogP contribution in [0.1, 0.15) is 36.8 Å². The van der Waals surface area contributed by atoms with E-state index >= 15 is 0 Å². The molecule has 3 aliphatic rings. The Morgan fingerprint density at radius 3 is 2.03 bits per heavy atom. The fourth-order valence-electron chi connectivity index (χ4n) is 6.46. The molecule has 38 heavy (non-hydrogen) atoms. The van der Waals surface area contributed by atoms with Gasteiger partial charge in [0.2, 0.25) is 5.91 Å². The molecule has 6 rings (SSSR count). The van der Waals surface area contributed by atoms with Crippen LogP contribution in [0, 0.1) is 0 Å². The van der Waals surface area contributed by atoms with Crippen LogP contribution >= 0.6 is 0 Å². The number of piperazine rings is 1. The Morgan fingerprint density at radius 1 is 0.763 bits per heavy atom. The first kappa shape index (κ1) is 25.1. The van der Waals surface area contributed by atoms with Crippen LogP contribution in [-0.2, 0) is 17.8 Å². The summed E-state index contributed by atoms with van der Waals surface area (Å²) in [6, 6.07) is 24.6. The summed E-state index contributed by atoms with van der Waals surface area (Å²) in [7, 11) is 1.69. The fraction of sp³-hybridized carbons (Fsp3) is 0.424. The number of carbonyl (C=O) groups excluding carboxylic acids is 1. The Morgan fingerprint density at radius 2 is 1.37 bits per heavy atom. The molecule has 0 aromatic heterocycles. The first-order valence-corrected chi connectivity index (χ1v) is 14.3. The molecule has 1 amide bonds. The molecule has 5 nitrogen and oxygen atoms in total. The van der Waals surface area contributed by atoms with Crippen LogP contribution in [0.2, 0.25) is 0 Å². The van der Waals surface area contributed by atoms with E-state index in [1.165, 1.54) is 59.1 Å². The van der Waals surface area contributed by atoms with Crippen LogP contribution in [-0.4, -0.2) is 73.0 Å². The standard InChI is InChI=1S/C33H39N3O2/c1-38-32-14-12-26(13-15-32)25-6-8-27(9-7-25)28-10-11-30-23-34(17-16-29(30)22-28)24-33(37)36-20-18-35(19-21-36)31-4-2-3-5-31/h6-15,22,31H,2-5,16-21,23-24H2,1H3. The minimum absolute atomic E-state index is 0.299. The Labute approximate surface area is 227 Å². The fourth-order valence-corrected chi connectivity index (χ4v) is 6.46. The van der Waals surface area contributed by atoms with Gasteiger partial charge in [0, 0.05) is 45.3 Å². The molecule has 1 saturated carbocycles. The maximum Gasteiger partial charge on any atom is 0.236 e. The topological polar surface area (TPSA) is 36.0 Å². The number of benzene rings is 3. The lowest BCUT2D eigenvalue weighted by Crippen LogP contribution is -2.53. The summed E-state index contributed by atoms with van der Waals surface area (Å²) in [5.74, 6) is 1.17. The van der Waals surface area contributed by atoms with Crippen LogP contribution in [0.4, 0.5) is 0 Å². The molecule has 2 aliphatic heterocycles. The zero-order valence-corrected chi connectivity index (χ0v) is 22.6. The summed E-state index contributed by atoms with van der Waals surface area (Å²) in [6.45, 7) is 6.21. The first-order valence-electron chi connectivity index (χ1n) is 14.3. The minimum Gasteiger partial charge on any atom is -0.497 e. The highest BCUT2D eigenvalue weighted by atomic mass is 16.5. The number of rotatable bonds is 6. The van der Waals surface area contributed by atoms with E-state index in [0.717, 1.165) is 57.5 Å². The van der Waals surface area contributed by atoms with E-state index in [1.54, 1.807) is 7.11 Å². The minimum atomic E-state index is 0.299. The molecule has 0 bridgehead atoms. The highest BCUT2D eigenvalue weighted by molar-refractivity contribution is 5.78. The molecular formula is C33H39N3O2. The maximum absolute atomic E-state index is 13.1. The average molecular weight is 510 g/mol. The predicted octanol–water partition coefficient (Wildman–Crippen LogP) is 5.47. The van der Waals surface area contributed by atoms with E-state index in [-0.39, 0.29) is 0 Å². The van der Waals surface area contributed by atoms with Gasteiger partial charge in [-0.05, 0) is 64.8 Å². The molecule has 3 aromatic carbocycles. The number of hydrogen-bond donors (Lipinski definition) is 0. The summed E-state index contributed by atoms with van der Waals surface area (Å²) < 4.78 is 5.28. The van der Waals surface area contributed by atoms with Gasteiger partial charge in [0.05, 0.1) is 13.7 Å². The third-order valence-corrected chi connectivity index (χ3v) is 8.81. The molecule has 5 heteroatoms. The second-order valence-electron chi connectivity index (χ2n) is 11.1. The zero-order valence-electron chi connectivity index (χ0n) is 22.6. The number of ether oxygens (including phenoxy) is 1. The molecule has 1 aliphatic carbocycles. The molecular weight excluding hydrogens is 470 g/mol. The molecule has 198 valence electrons. The van der Waals surface area contributed by atoms with E-state index in [2.05, 4.69) is 69.3 Å². The van der Waals surface area contributed by atoms with E-state index in [0.29, 0.717) is 12.5 Å². The van der Waals surface area contributed by atoms with Crippen LogP contribution in [0.15, 0.2) is 66.7 Å². The second-order valence-corrected chi connectivity index (χ2v) is 11.1. The quantitative estimate of drug-likeness (QED) is 0.441. The number of carbonyl (C=O) groups is 1. The molecule has 1 saturated heterocycles. The number of nitrogens with zero attached hydrogens (tertiary/aromatic N) is 3. The second kappa shape index (κ2) is 11.3. The normalized spacial score (nSPS) is 18.9. The van der Waals surface area contributed by atoms with Crippen LogP contribution < -0.4 is 4.74 Å². The van der Waals surface area contributed by atoms with Gasteiger partial charge >= 0.3 is 0 Å². The van der Waals surface area contributed by atoms with Gasteiger partial charge in [0.1, 0.15) is 5.75 Å². The Hall–Kier alpha value is -3.15. The molecule has 0 radical (unpaired) electrons. The number of fused-ring (bicyclic) bond motifs is 1. The third-order valence-electron chi connectivity index (χ3n) is 8.81. The molecule has 0 atom stereocenters. The highest BCUT2D eigenvalue weighted by Gasteiger charge is 2.29. The lowest BCUT2D eigenvalue weighted by molar-refractivity contribution is -0.134. The van der Waals surface area contributed by atoms with Crippen molar-refractivity contribution in [3.8, 4) is 28.0 Å². The Kier molecular flexibility index (Phi) is 7.48. The van der Waals surface area contributed by atoms with Gasteiger partial charge in [-0.2, -0.15) is 0 Å². The number of amides is 1. The molecule has 0 N–H and O–H groups in total. The van der Waals surface area contributed by atoms with Crippen molar-refractivity contribution in [2.45, 2.75) is 44.7 Å². The number of hydrogen-bond acceptors (Lipinski definition) is 4. The average Bonchev–Trinajstić information content (AvgIpc) is 3.52. The molecule has 0 unspecified atom stereocenters. The number of methoxy groups -OCH3 is 1. The van der Waals surface area contributed by atoms with E-state index in [1.807, 2.05) is 12.1 Å². The van der Waals surface area contributed by atoms with Gasteiger partial charge in [0.15, 0.2) is 0 Å². The first-order chi connectivity index (χ1) is 18.7. The van der Waals surface area contributed by atoms with E-state index in [4.69, 9.17) is 4.74 Å². The summed E-state index contributed by atoms with van der Waals surface area (Å²) >= 11 is 0. The van der Waals surface area contributed by atoms with Crippen molar-refractivity contribution < 1.29 is 9.53 Å². The summed E-state index contributed by atoms with van der Waals surface area (Å²) in [5.41, 5.74) is 7.65. The van der Waals surface area contributed by atoms with Crippen molar-refractivity contribution in [2.75, 3.05) is 46.4 Å². The van der Waals surface area contributed by atoms with Crippen LogP contribution in [0.5, 0.6) is 5.75 Å². The lowest BCUT2D eigenvalue weighted by atomic mass is 9.93. The van der Waals surface area contributed by atoms with Gasteiger partial charge in [-0.15, -0.1) is 0 Å². The maximum atomic E-state index is 13.1. The third kappa shape index (κ3) is 5.50. The SMILES string of the molecule is COc1ccc(-c2ccc(-c3ccc4c(c3)CCN(CC(=O)N3CCN(C5CCCC5)CC3)C4)cc2)cc1. The van der Waals surface area contributed by atoms with Crippen molar-refractivity contribution in [3.05, 3.63) is 77.9 Å². The highest BCUT2D eigenvalue weighted by Crippen LogP contribution is 2.29. The van der Waals surface area contributed by atoms with E-state index in [9.17, 15) is 4.79 Å². The largest absolute Gasteiger partial charge is 0.497 e. The van der Waals surface area contributed by atoms with E-state index < -0.39 is 0 Å².